The van der Waals surface area contributed by atoms with Crippen molar-refractivity contribution in [1.29, 1.82) is 0 Å². The van der Waals surface area contributed by atoms with E-state index >= 15 is 0 Å². The van der Waals surface area contributed by atoms with Gasteiger partial charge in [0.25, 0.3) is 0 Å². The minimum Gasteiger partial charge on any atom is -0.481 e. The number of hydrogen-bond donors (Lipinski definition) is 1. The number of aliphatic carboxylic acids is 1. The van der Waals surface area contributed by atoms with E-state index in [1.807, 2.05) is 0 Å². The SMILES string of the molecule is O=C(O)C1CC2CCC1N2S(=O)(=O)C1CCOCC1. The molecular formula is C12H19NO5S. The quantitative estimate of drug-likeness (QED) is 0.814. The summed E-state index contributed by atoms with van der Waals surface area (Å²) in [5.41, 5.74) is 0. The van der Waals surface area contributed by atoms with Crippen LogP contribution in [0.4, 0.5) is 0 Å². The molecule has 0 spiro atoms. The Morgan fingerprint density at radius 2 is 1.84 bits per heavy atom. The lowest BCUT2D eigenvalue weighted by atomic mass is 9.89. The molecule has 2 bridgehead atoms. The topological polar surface area (TPSA) is 83.9 Å². The van der Waals surface area contributed by atoms with Crippen LogP contribution >= 0.6 is 0 Å². The van der Waals surface area contributed by atoms with Crippen LogP contribution in [0.2, 0.25) is 0 Å². The van der Waals surface area contributed by atoms with Crippen molar-refractivity contribution < 1.29 is 23.1 Å². The van der Waals surface area contributed by atoms with Crippen molar-refractivity contribution in [3.8, 4) is 0 Å². The maximum absolute atomic E-state index is 12.7. The van der Waals surface area contributed by atoms with Crippen molar-refractivity contribution in [3.63, 3.8) is 0 Å². The van der Waals surface area contributed by atoms with Gasteiger partial charge in [0, 0.05) is 25.3 Å². The zero-order valence-corrected chi connectivity index (χ0v) is 11.5. The fourth-order valence-electron chi connectivity index (χ4n) is 3.75. The van der Waals surface area contributed by atoms with Gasteiger partial charge in [0.15, 0.2) is 0 Å². The van der Waals surface area contributed by atoms with Gasteiger partial charge in [-0.3, -0.25) is 4.79 Å². The second-order valence-corrected chi connectivity index (χ2v) is 7.78. The third kappa shape index (κ3) is 2.08. The van der Waals surface area contributed by atoms with E-state index in [1.165, 1.54) is 4.31 Å². The molecule has 3 aliphatic rings. The molecule has 0 saturated carbocycles. The Morgan fingerprint density at radius 1 is 1.16 bits per heavy atom. The van der Waals surface area contributed by atoms with Crippen LogP contribution < -0.4 is 0 Å². The summed E-state index contributed by atoms with van der Waals surface area (Å²) in [6, 6.07) is -0.422. The number of ether oxygens (including phenoxy) is 1. The Hall–Kier alpha value is -0.660. The van der Waals surface area contributed by atoms with Crippen LogP contribution in [0.1, 0.15) is 32.1 Å². The molecule has 0 aromatic rings. The minimum atomic E-state index is -3.37. The average Bonchev–Trinajstić information content (AvgIpc) is 2.98. The van der Waals surface area contributed by atoms with E-state index in [1.54, 1.807) is 0 Å². The first-order valence-electron chi connectivity index (χ1n) is 6.84. The van der Waals surface area contributed by atoms with Gasteiger partial charge in [-0.25, -0.2) is 8.42 Å². The fourth-order valence-corrected chi connectivity index (χ4v) is 6.12. The van der Waals surface area contributed by atoms with Crippen LogP contribution in [0.25, 0.3) is 0 Å². The number of carbonyl (C=O) groups is 1. The molecule has 0 amide bonds. The molecule has 108 valence electrons. The number of fused-ring (bicyclic) bond motifs is 2. The van der Waals surface area contributed by atoms with Crippen LogP contribution in [0, 0.1) is 5.92 Å². The van der Waals surface area contributed by atoms with Gasteiger partial charge in [-0.15, -0.1) is 0 Å². The summed E-state index contributed by atoms with van der Waals surface area (Å²) in [5.74, 6) is -1.38. The Morgan fingerprint density at radius 3 is 2.42 bits per heavy atom. The molecule has 6 nitrogen and oxygen atoms in total. The van der Waals surface area contributed by atoms with Gasteiger partial charge in [0.1, 0.15) is 0 Å². The maximum Gasteiger partial charge on any atom is 0.308 e. The molecule has 0 aromatic carbocycles. The first-order chi connectivity index (χ1) is 9.01. The van der Waals surface area contributed by atoms with E-state index in [2.05, 4.69) is 0 Å². The first-order valence-corrected chi connectivity index (χ1v) is 8.35. The second-order valence-electron chi connectivity index (χ2n) is 5.67. The second kappa shape index (κ2) is 4.71. The standard InChI is InChI=1S/C12H19NO5S/c14-12(15)10-7-8-1-2-11(10)13(8)19(16,17)9-3-5-18-6-4-9/h8-11H,1-7H2,(H,14,15). The smallest absolute Gasteiger partial charge is 0.308 e. The third-order valence-electron chi connectivity index (χ3n) is 4.67. The van der Waals surface area contributed by atoms with E-state index in [9.17, 15) is 18.3 Å². The molecule has 0 aromatic heterocycles. The summed E-state index contributed by atoms with van der Waals surface area (Å²) in [4.78, 5) is 11.2. The van der Waals surface area contributed by atoms with E-state index in [4.69, 9.17) is 4.74 Å². The van der Waals surface area contributed by atoms with Crippen molar-refractivity contribution in [3.05, 3.63) is 0 Å². The summed E-state index contributed by atoms with van der Waals surface area (Å²) in [5, 5.41) is 8.80. The summed E-state index contributed by atoms with van der Waals surface area (Å²) in [6.07, 6.45) is 3.01. The summed E-state index contributed by atoms with van der Waals surface area (Å²) >= 11 is 0. The molecule has 0 aliphatic carbocycles. The van der Waals surface area contributed by atoms with E-state index in [-0.39, 0.29) is 12.1 Å². The largest absolute Gasteiger partial charge is 0.481 e. The molecule has 0 radical (unpaired) electrons. The van der Waals surface area contributed by atoms with Gasteiger partial charge in [-0.05, 0) is 32.1 Å². The van der Waals surface area contributed by atoms with Crippen molar-refractivity contribution in [2.24, 2.45) is 5.92 Å². The number of carboxylic acid groups (broad SMARTS) is 1. The maximum atomic E-state index is 12.7. The number of sulfonamides is 1. The highest BCUT2D eigenvalue weighted by Gasteiger charge is 2.55. The Kier molecular flexibility index (Phi) is 3.31. The summed E-state index contributed by atoms with van der Waals surface area (Å²) < 4.78 is 32.1. The zero-order chi connectivity index (χ0) is 13.6. The van der Waals surface area contributed by atoms with Crippen LogP contribution in [-0.2, 0) is 19.6 Å². The zero-order valence-electron chi connectivity index (χ0n) is 10.7. The highest BCUT2D eigenvalue weighted by Crippen LogP contribution is 2.45. The molecule has 1 N–H and O–H groups in total. The normalized spacial score (nSPS) is 36.7. The third-order valence-corrected chi connectivity index (χ3v) is 7.14. The number of hydrogen-bond acceptors (Lipinski definition) is 4. The predicted octanol–water partition coefficient (Wildman–Crippen LogP) is 0.433. The van der Waals surface area contributed by atoms with E-state index in [0.29, 0.717) is 38.9 Å². The van der Waals surface area contributed by atoms with Crippen molar-refractivity contribution in [1.82, 2.24) is 4.31 Å². The number of rotatable bonds is 3. The summed E-state index contributed by atoms with van der Waals surface area (Å²) in [7, 11) is -3.37. The molecule has 3 rings (SSSR count). The number of carboxylic acids is 1. The van der Waals surface area contributed by atoms with Gasteiger partial charge in [0.05, 0.1) is 11.2 Å². The highest BCUT2D eigenvalue weighted by molar-refractivity contribution is 7.89. The molecule has 7 heteroatoms. The molecule has 3 heterocycles. The fraction of sp³-hybridized carbons (Fsp3) is 0.917. The average molecular weight is 289 g/mol. The van der Waals surface area contributed by atoms with Crippen molar-refractivity contribution in [2.45, 2.75) is 49.4 Å². The van der Waals surface area contributed by atoms with Gasteiger partial charge in [0.2, 0.25) is 10.0 Å². The minimum absolute atomic E-state index is 0.0982. The van der Waals surface area contributed by atoms with Crippen LogP contribution in [0.5, 0.6) is 0 Å². The van der Waals surface area contributed by atoms with Gasteiger partial charge in [-0.2, -0.15) is 4.31 Å². The van der Waals surface area contributed by atoms with Crippen molar-refractivity contribution >= 4 is 16.0 Å². The van der Waals surface area contributed by atoms with E-state index in [0.717, 1.165) is 6.42 Å². The molecule has 3 unspecified atom stereocenters. The Balaban J connectivity index is 1.84. The Bertz CT molecular complexity index is 471. The lowest BCUT2D eigenvalue weighted by Gasteiger charge is -2.30. The summed E-state index contributed by atoms with van der Waals surface area (Å²) in [6.45, 7) is 0.963. The lowest BCUT2D eigenvalue weighted by Crippen LogP contribution is -2.45. The van der Waals surface area contributed by atoms with Crippen LogP contribution in [-0.4, -0.2) is 54.3 Å². The van der Waals surface area contributed by atoms with Gasteiger partial charge >= 0.3 is 5.97 Å². The highest BCUT2D eigenvalue weighted by atomic mass is 32.2. The number of nitrogens with zero attached hydrogens (tertiary/aromatic N) is 1. The van der Waals surface area contributed by atoms with Crippen molar-refractivity contribution in [2.75, 3.05) is 13.2 Å². The molecule has 3 saturated heterocycles. The molecule has 3 aliphatic heterocycles. The van der Waals surface area contributed by atoms with E-state index < -0.39 is 27.2 Å². The Labute approximate surface area is 112 Å². The molecule has 3 fully saturated rings. The van der Waals surface area contributed by atoms with Gasteiger partial charge in [-0.1, -0.05) is 0 Å². The first kappa shape index (κ1) is 13.3. The van der Waals surface area contributed by atoms with Gasteiger partial charge < -0.3 is 9.84 Å². The molecule has 19 heavy (non-hydrogen) atoms. The van der Waals surface area contributed by atoms with Crippen LogP contribution in [0.15, 0.2) is 0 Å². The predicted molar refractivity (Wildman–Crippen MR) is 67.2 cm³/mol. The lowest BCUT2D eigenvalue weighted by molar-refractivity contribution is -0.142. The van der Waals surface area contributed by atoms with Crippen LogP contribution in [0.3, 0.4) is 0 Å². The molecular weight excluding hydrogens is 270 g/mol. The molecule has 3 atom stereocenters. The monoisotopic (exact) mass is 289 g/mol.